The third-order valence-corrected chi connectivity index (χ3v) is 6.81. The Morgan fingerprint density at radius 1 is 1.09 bits per heavy atom. The molecule has 4 saturated carbocycles. The van der Waals surface area contributed by atoms with Gasteiger partial charge in [-0.2, -0.15) is 0 Å². The molecule has 0 saturated heterocycles. The average molecular weight is 321 g/mol. The molecule has 4 bridgehead atoms. The van der Waals surface area contributed by atoms with Crippen molar-refractivity contribution in [2.45, 2.75) is 84.1 Å². The van der Waals surface area contributed by atoms with Crippen molar-refractivity contribution in [3.8, 4) is 0 Å². The number of amides is 1. The van der Waals surface area contributed by atoms with Crippen LogP contribution in [0.15, 0.2) is 0 Å². The molecule has 1 atom stereocenters. The first kappa shape index (κ1) is 17.3. The van der Waals surface area contributed by atoms with Gasteiger partial charge in [-0.15, -0.1) is 0 Å². The van der Waals surface area contributed by atoms with Gasteiger partial charge in [0.05, 0.1) is 6.04 Å². The summed E-state index contributed by atoms with van der Waals surface area (Å²) in [5, 5.41) is 0. The summed E-state index contributed by atoms with van der Waals surface area (Å²) in [7, 11) is 0. The van der Waals surface area contributed by atoms with Crippen LogP contribution in [0.4, 0.5) is 0 Å². The van der Waals surface area contributed by atoms with Crippen LogP contribution in [0.3, 0.4) is 0 Å². The van der Waals surface area contributed by atoms with E-state index in [0.29, 0.717) is 5.41 Å². The van der Waals surface area contributed by atoms with Crippen LogP contribution in [0.25, 0.3) is 0 Å². The predicted molar refractivity (Wildman–Crippen MR) is 95.0 cm³/mol. The van der Waals surface area contributed by atoms with Gasteiger partial charge in [0.2, 0.25) is 5.91 Å². The Bertz CT molecular complexity index is 383. The van der Waals surface area contributed by atoms with Crippen LogP contribution in [0.5, 0.6) is 0 Å². The number of hydrogen-bond acceptors (Lipinski definition) is 2. The van der Waals surface area contributed by atoms with Gasteiger partial charge in [0.15, 0.2) is 0 Å². The van der Waals surface area contributed by atoms with E-state index in [4.69, 9.17) is 5.73 Å². The normalized spacial score (nSPS) is 36.2. The molecule has 4 fully saturated rings. The fourth-order valence-corrected chi connectivity index (χ4v) is 6.14. The summed E-state index contributed by atoms with van der Waals surface area (Å²) in [4.78, 5) is 14.5. The van der Waals surface area contributed by atoms with Crippen LogP contribution < -0.4 is 5.73 Å². The van der Waals surface area contributed by atoms with Gasteiger partial charge < -0.3 is 10.6 Å². The van der Waals surface area contributed by atoms with Crippen LogP contribution in [-0.2, 0) is 4.79 Å². The molecule has 0 aromatic carbocycles. The first-order valence-electron chi connectivity index (χ1n) is 10.1. The van der Waals surface area contributed by atoms with Crippen molar-refractivity contribution in [2.24, 2.45) is 28.9 Å². The molecular weight excluding hydrogens is 284 g/mol. The Balaban J connectivity index is 1.58. The number of nitrogens with two attached hydrogens (primary N) is 1. The number of nitrogens with zero attached hydrogens (tertiary/aromatic N) is 1. The fraction of sp³-hybridized carbons (Fsp3) is 0.950. The van der Waals surface area contributed by atoms with Gasteiger partial charge in [0, 0.05) is 13.1 Å². The van der Waals surface area contributed by atoms with E-state index in [1.165, 1.54) is 57.8 Å². The highest BCUT2D eigenvalue weighted by atomic mass is 16.2. The third-order valence-electron chi connectivity index (χ3n) is 6.81. The highest BCUT2D eigenvalue weighted by Crippen LogP contribution is 2.61. The monoisotopic (exact) mass is 320 g/mol. The van der Waals surface area contributed by atoms with Gasteiger partial charge in [0.25, 0.3) is 0 Å². The highest BCUT2D eigenvalue weighted by molar-refractivity contribution is 5.81. The standard InChI is InChI=1S/C20H36N2O/c1-3-4-5-7-22(19(23)15(2)21)8-6-20-12-16-9-17(13-20)11-18(10-16)14-20/h15-18H,3-14,21H2,1-2H3. The van der Waals surface area contributed by atoms with Gasteiger partial charge in [-0.1, -0.05) is 19.8 Å². The summed E-state index contributed by atoms with van der Waals surface area (Å²) >= 11 is 0. The molecule has 4 aliphatic carbocycles. The molecule has 0 heterocycles. The molecule has 4 rings (SSSR count). The van der Waals surface area contributed by atoms with E-state index in [0.717, 1.165) is 37.3 Å². The van der Waals surface area contributed by atoms with E-state index in [9.17, 15) is 4.79 Å². The first-order valence-corrected chi connectivity index (χ1v) is 10.1. The lowest BCUT2D eigenvalue weighted by Crippen LogP contribution is -2.49. The van der Waals surface area contributed by atoms with Gasteiger partial charge in [-0.3, -0.25) is 4.79 Å². The van der Waals surface area contributed by atoms with Gasteiger partial charge in [-0.05, 0) is 81.5 Å². The summed E-state index contributed by atoms with van der Waals surface area (Å²) in [6.07, 6.45) is 13.6. The Kier molecular flexibility index (Phi) is 5.35. The predicted octanol–water partition coefficient (Wildman–Crippen LogP) is 3.96. The number of hydrogen-bond donors (Lipinski definition) is 1. The molecule has 3 nitrogen and oxygen atoms in total. The molecule has 0 aliphatic heterocycles. The molecular formula is C20H36N2O. The van der Waals surface area contributed by atoms with Gasteiger partial charge in [0.1, 0.15) is 0 Å². The van der Waals surface area contributed by atoms with E-state index >= 15 is 0 Å². The van der Waals surface area contributed by atoms with Gasteiger partial charge in [-0.25, -0.2) is 0 Å². The Morgan fingerprint density at radius 3 is 2.13 bits per heavy atom. The Labute approximate surface area is 142 Å². The summed E-state index contributed by atoms with van der Waals surface area (Å²) in [6, 6.07) is -0.354. The van der Waals surface area contributed by atoms with Crippen molar-refractivity contribution in [1.82, 2.24) is 4.90 Å². The Morgan fingerprint density at radius 2 is 1.65 bits per heavy atom. The molecule has 4 aliphatic rings. The number of carbonyl (C=O) groups excluding carboxylic acids is 1. The fourth-order valence-electron chi connectivity index (χ4n) is 6.14. The van der Waals surface area contributed by atoms with Crippen molar-refractivity contribution in [1.29, 1.82) is 0 Å². The molecule has 0 aromatic rings. The van der Waals surface area contributed by atoms with Crippen molar-refractivity contribution in [3.05, 3.63) is 0 Å². The SMILES string of the molecule is CCCCCN(CCC12CC3CC(CC(C3)C1)C2)C(=O)C(C)N. The molecule has 1 unspecified atom stereocenters. The summed E-state index contributed by atoms with van der Waals surface area (Å²) in [5.74, 6) is 3.16. The maximum Gasteiger partial charge on any atom is 0.239 e. The largest absolute Gasteiger partial charge is 0.341 e. The van der Waals surface area contributed by atoms with E-state index in [-0.39, 0.29) is 11.9 Å². The van der Waals surface area contributed by atoms with Crippen LogP contribution in [0, 0.1) is 23.2 Å². The summed E-state index contributed by atoms with van der Waals surface area (Å²) in [5.41, 5.74) is 6.45. The summed E-state index contributed by atoms with van der Waals surface area (Å²) < 4.78 is 0. The number of carbonyl (C=O) groups is 1. The zero-order valence-corrected chi connectivity index (χ0v) is 15.2. The molecule has 0 aromatic heterocycles. The van der Waals surface area contributed by atoms with Crippen molar-refractivity contribution >= 4 is 5.91 Å². The second kappa shape index (κ2) is 7.13. The second-order valence-corrected chi connectivity index (χ2v) is 8.99. The quantitative estimate of drug-likeness (QED) is 0.688. The number of unbranched alkanes of at least 4 members (excludes halogenated alkanes) is 2. The molecule has 3 heteroatoms. The van der Waals surface area contributed by atoms with Crippen LogP contribution in [0.1, 0.15) is 78.1 Å². The van der Waals surface area contributed by atoms with Gasteiger partial charge >= 0.3 is 0 Å². The minimum atomic E-state index is -0.354. The van der Waals surface area contributed by atoms with E-state index in [2.05, 4.69) is 11.8 Å². The zero-order chi connectivity index (χ0) is 16.4. The van der Waals surface area contributed by atoms with Crippen LogP contribution >= 0.6 is 0 Å². The van der Waals surface area contributed by atoms with E-state index in [1.54, 1.807) is 0 Å². The highest BCUT2D eigenvalue weighted by Gasteiger charge is 2.50. The lowest BCUT2D eigenvalue weighted by atomic mass is 9.49. The minimum Gasteiger partial charge on any atom is -0.341 e. The molecule has 0 radical (unpaired) electrons. The zero-order valence-electron chi connectivity index (χ0n) is 15.2. The van der Waals surface area contributed by atoms with Crippen LogP contribution in [0.2, 0.25) is 0 Å². The topological polar surface area (TPSA) is 46.3 Å². The summed E-state index contributed by atoms with van der Waals surface area (Å²) in [6.45, 7) is 5.89. The third kappa shape index (κ3) is 3.92. The molecule has 0 spiro atoms. The maximum absolute atomic E-state index is 12.5. The van der Waals surface area contributed by atoms with Crippen molar-refractivity contribution in [2.75, 3.05) is 13.1 Å². The average Bonchev–Trinajstić information content (AvgIpc) is 2.48. The lowest BCUT2D eigenvalue weighted by molar-refractivity contribution is -0.133. The molecule has 2 N–H and O–H groups in total. The first-order chi connectivity index (χ1) is 11.0. The number of rotatable bonds is 8. The Hall–Kier alpha value is -0.570. The lowest BCUT2D eigenvalue weighted by Gasteiger charge is -2.57. The molecule has 23 heavy (non-hydrogen) atoms. The van der Waals surface area contributed by atoms with E-state index < -0.39 is 0 Å². The molecule has 132 valence electrons. The molecule has 1 amide bonds. The minimum absolute atomic E-state index is 0.158. The maximum atomic E-state index is 12.5. The van der Waals surface area contributed by atoms with Crippen molar-refractivity contribution in [3.63, 3.8) is 0 Å². The van der Waals surface area contributed by atoms with E-state index in [1.807, 2.05) is 6.92 Å². The smallest absolute Gasteiger partial charge is 0.239 e. The van der Waals surface area contributed by atoms with Crippen LogP contribution in [-0.4, -0.2) is 29.9 Å². The van der Waals surface area contributed by atoms with Crippen molar-refractivity contribution < 1.29 is 4.79 Å². The second-order valence-electron chi connectivity index (χ2n) is 8.99.